The molecule has 1 saturated heterocycles. The molecule has 23 heavy (non-hydrogen) atoms. The predicted molar refractivity (Wildman–Crippen MR) is 89.7 cm³/mol. The molecule has 0 saturated carbocycles. The second-order valence-corrected chi connectivity index (χ2v) is 7.16. The average Bonchev–Trinajstić information content (AvgIpc) is 2.89. The molecule has 1 aromatic rings. The fraction of sp³-hybridized carbons (Fsp3) is 0.647. The van der Waals surface area contributed by atoms with Gasteiger partial charge in [-0.05, 0) is 52.9 Å². The molecule has 6 heteroatoms. The topological polar surface area (TPSA) is 63.7 Å². The third-order valence-electron chi connectivity index (χ3n) is 3.47. The fourth-order valence-electron chi connectivity index (χ4n) is 2.57. The molecule has 1 aliphatic heterocycles. The van der Waals surface area contributed by atoms with Gasteiger partial charge in [-0.25, -0.2) is 9.78 Å². The quantitative estimate of drug-likeness (QED) is 0.923. The molecule has 1 amide bonds. The van der Waals surface area contributed by atoms with Gasteiger partial charge in [-0.15, -0.1) is 0 Å². The molecule has 0 aliphatic carbocycles. The largest absolute Gasteiger partial charge is 0.444 e. The Morgan fingerprint density at radius 1 is 1.43 bits per heavy atom. The van der Waals surface area contributed by atoms with Crippen LogP contribution in [0.25, 0.3) is 0 Å². The van der Waals surface area contributed by atoms with Crippen molar-refractivity contribution in [2.45, 2.75) is 45.3 Å². The molecule has 0 unspecified atom stereocenters. The van der Waals surface area contributed by atoms with Crippen molar-refractivity contribution in [1.82, 2.24) is 9.88 Å². The molecular formula is C17H27N3O3. The number of hydrogen-bond donors (Lipinski definition) is 1. The first-order valence-corrected chi connectivity index (χ1v) is 7.97. The standard InChI is InChI=1S/C17H27N3O3/c1-17(2,3)23-16(21)19-15-7-6-13(12-8-9-22-11-12)14(18-15)10-20(4)5/h6-7,12H,8-11H2,1-5H3,(H,18,19,21)/t12-/m1/s1. The van der Waals surface area contributed by atoms with Gasteiger partial charge in [0.05, 0.1) is 12.3 Å². The first kappa shape index (κ1) is 17.7. The number of ether oxygens (including phenoxy) is 2. The lowest BCUT2D eigenvalue weighted by atomic mass is 9.96. The predicted octanol–water partition coefficient (Wildman–Crippen LogP) is 2.99. The number of carbonyl (C=O) groups is 1. The number of nitrogens with zero attached hydrogens (tertiary/aromatic N) is 2. The van der Waals surface area contributed by atoms with Crippen LogP contribution < -0.4 is 5.32 Å². The molecule has 1 fully saturated rings. The first-order valence-electron chi connectivity index (χ1n) is 7.97. The minimum atomic E-state index is -0.530. The summed E-state index contributed by atoms with van der Waals surface area (Å²) in [7, 11) is 4.01. The van der Waals surface area contributed by atoms with Gasteiger partial charge in [0.25, 0.3) is 0 Å². The van der Waals surface area contributed by atoms with Crippen LogP contribution in [0, 0.1) is 0 Å². The maximum atomic E-state index is 11.9. The lowest BCUT2D eigenvalue weighted by Gasteiger charge is -2.21. The number of rotatable bonds is 4. The highest BCUT2D eigenvalue weighted by atomic mass is 16.6. The highest BCUT2D eigenvalue weighted by Gasteiger charge is 2.22. The van der Waals surface area contributed by atoms with E-state index in [0.717, 1.165) is 31.9 Å². The Bertz CT molecular complexity index is 547. The molecule has 0 radical (unpaired) electrons. The molecular weight excluding hydrogens is 294 g/mol. The van der Waals surface area contributed by atoms with Crippen molar-refractivity contribution in [3.8, 4) is 0 Å². The average molecular weight is 321 g/mol. The van der Waals surface area contributed by atoms with Gasteiger partial charge in [-0.2, -0.15) is 0 Å². The number of anilines is 1. The van der Waals surface area contributed by atoms with E-state index in [1.54, 1.807) is 0 Å². The van der Waals surface area contributed by atoms with Gasteiger partial charge >= 0.3 is 6.09 Å². The summed E-state index contributed by atoms with van der Waals surface area (Å²) in [6.45, 7) is 7.75. The molecule has 6 nitrogen and oxygen atoms in total. The molecule has 1 aliphatic rings. The van der Waals surface area contributed by atoms with Crippen LogP contribution in [-0.4, -0.2) is 48.9 Å². The SMILES string of the molecule is CN(C)Cc1nc(NC(=O)OC(C)(C)C)ccc1[C@@H]1CCOC1. The zero-order valence-corrected chi connectivity index (χ0v) is 14.7. The second kappa shape index (κ2) is 7.27. The summed E-state index contributed by atoms with van der Waals surface area (Å²) in [5, 5.41) is 2.71. The van der Waals surface area contributed by atoms with Crippen molar-refractivity contribution in [3.63, 3.8) is 0 Å². The fourth-order valence-corrected chi connectivity index (χ4v) is 2.57. The van der Waals surface area contributed by atoms with Crippen molar-refractivity contribution in [2.24, 2.45) is 0 Å². The van der Waals surface area contributed by atoms with Crippen LogP contribution in [0.5, 0.6) is 0 Å². The molecule has 1 aromatic heterocycles. The molecule has 128 valence electrons. The monoisotopic (exact) mass is 321 g/mol. The zero-order valence-electron chi connectivity index (χ0n) is 14.7. The van der Waals surface area contributed by atoms with Crippen LogP contribution in [0.2, 0.25) is 0 Å². The molecule has 1 N–H and O–H groups in total. The van der Waals surface area contributed by atoms with E-state index in [1.165, 1.54) is 5.56 Å². The van der Waals surface area contributed by atoms with E-state index < -0.39 is 11.7 Å². The summed E-state index contributed by atoms with van der Waals surface area (Å²) in [4.78, 5) is 18.6. The number of carbonyl (C=O) groups excluding carboxylic acids is 1. The Morgan fingerprint density at radius 3 is 2.74 bits per heavy atom. The van der Waals surface area contributed by atoms with Crippen LogP contribution >= 0.6 is 0 Å². The highest BCUT2D eigenvalue weighted by Crippen LogP contribution is 2.28. The second-order valence-electron chi connectivity index (χ2n) is 7.16. The van der Waals surface area contributed by atoms with Crippen LogP contribution in [0.15, 0.2) is 12.1 Å². The summed E-state index contributed by atoms with van der Waals surface area (Å²) in [6.07, 6.45) is 0.527. The molecule has 0 bridgehead atoms. The number of nitrogens with one attached hydrogen (secondary N) is 1. The minimum absolute atomic E-state index is 0.382. The van der Waals surface area contributed by atoms with Gasteiger partial charge in [-0.1, -0.05) is 6.07 Å². The van der Waals surface area contributed by atoms with E-state index in [-0.39, 0.29) is 0 Å². The lowest BCUT2D eigenvalue weighted by molar-refractivity contribution is 0.0635. The van der Waals surface area contributed by atoms with E-state index in [1.807, 2.05) is 47.0 Å². The minimum Gasteiger partial charge on any atom is -0.444 e. The summed E-state index contributed by atoms with van der Waals surface area (Å²) in [5.74, 6) is 0.895. The van der Waals surface area contributed by atoms with Gasteiger partial charge in [-0.3, -0.25) is 5.32 Å². The number of hydrogen-bond acceptors (Lipinski definition) is 5. The van der Waals surface area contributed by atoms with Crippen molar-refractivity contribution in [2.75, 3.05) is 32.6 Å². The normalized spacial score (nSPS) is 18.3. The molecule has 0 spiro atoms. The molecule has 2 rings (SSSR count). The number of pyridine rings is 1. The summed E-state index contributed by atoms with van der Waals surface area (Å²) < 4.78 is 10.8. The van der Waals surface area contributed by atoms with E-state index in [4.69, 9.17) is 9.47 Å². The Balaban J connectivity index is 2.16. The summed E-state index contributed by atoms with van der Waals surface area (Å²) >= 11 is 0. The lowest BCUT2D eigenvalue weighted by Crippen LogP contribution is -2.27. The Labute approximate surface area is 138 Å². The van der Waals surface area contributed by atoms with Crippen LogP contribution in [0.4, 0.5) is 10.6 Å². The molecule has 1 atom stereocenters. The van der Waals surface area contributed by atoms with Gasteiger partial charge in [0.15, 0.2) is 0 Å². The maximum absolute atomic E-state index is 11.9. The van der Waals surface area contributed by atoms with E-state index in [9.17, 15) is 4.79 Å². The Kier molecular flexibility index (Phi) is 5.59. The third-order valence-corrected chi connectivity index (χ3v) is 3.47. The van der Waals surface area contributed by atoms with Gasteiger partial charge in [0.2, 0.25) is 0 Å². The van der Waals surface area contributed by atoms with Crippen molar-refractivity contribution < 1.29 is 14.3 Å². The third kappa shape index (κ3) is 5.48. The van der Waals surface area contributed by atoms with Gasteiger partial charge < -0.3 is 14.4 Å². The Morgan fingerprint density at radius 2 is 2.17 bits per heavy atom. The van der Waals surface area contributed by atoms with Crippen LogP contribution in [0.1, 0.15) is 44.4 Å². The van der Waals surface area contributed by atoms with Crippen molar-refractivity contribution in [3.05, 3.63) is 23.4 Å². The summed E-state index contributed by atoms with van der Waals surface area (Å²) in [6, 6.07) is 3.87. The number of amides is 1. The molecule has 0 aromatic carbocycles. The van der Waals surface area contributed by atoms with Gasteiger partial charge in [0.1, 0.15) is 11.4 Å². The van der Waals surface area contributed by atoms with Crippen LogP contribution in [0.3, 0.4) is 0 Å². The van der Waals surface area contributed by atoms with Crippen LogP contribution in [-0.2, 0) is 16.0 Å². The van der Waals surface area contributed by atoms with Gasteiger partial charge in [0, 0.05) is 19.1 Å². The number of aromatic nitrogens is 1. The Hall–Kier alpha value is -1.66. The maximum Gasteiger partial charge on any atom is 0.413 e. The first-order chi connectivity index (χ1) is 10.7. The van der Waals surface area contributed by atoms with E-state index >= 15 is 0 Å². The smallest absolute Gasteiger partial charge is 0.413 e. The van der Waals surface area contributed by atoms with E-state index in [2.05, 4.69) is 15.2 Å². The summed E-state index contributed by atoms with van der Waals surface area (Å²) in [5.41, 5.74) is 1.64. The molecule has 2 heterocycles. The van der Waals surface area contributed by atoms with E-state index in [0.29, 0.717) is 11.7 Å². The highest BCUT2D eigenvalue weighted by molar-refractivity contribution is 5.83. The van der Waals surface area contributed by atoms with Crippen molar-refractivity contribution in [1.29, 1.82) is 0 Å². The van der Waals surface area contributed by atoms with Crippen molar-refractivity contribution >= 4 is 11.9 Å². The zero-order chi connectivity index (χ0) is 17.0.